The Bertz CT molecular complexity index is 286. The highest BCUT2D eigenvalue weighted by atomic mass is 79.9. The fraction of sp³-hybridized carbons (Fsp3) is 0.929. The first kappa shape index (κ1) is 13.4. The van der Waals surface area contributed by atoms with Crippen molar-refractivity contribution >= 4 is 21.8 Å². The van der Waals surface area contributed by atoms with E-state index in [0.717, 1.165) is 31.1 Å². The van der Waals surface area contributed by atoms with Crippen molar-refractivity contribution in [3.05, 3.63) is 0 Å². The molecular formula is C14H24BrNO. The minimum absolute atomic E-state index is 0.0667. The SMILES string of the molecule is CC1CCN(C(=O)C2(C)CCCCC2)C1CBr. The molecule has 0 radical (unpaired) electrons. The first-order valence-corrected chi connectivity index (χ1v) is 8.08. The molecule has 2 fully saturated rings. The second kappa shape index (κ2) is 5.29. The third kappa shape index (κ3) is 2.54. The molecule has 0 N–H and O–H groups in total. The molecule has 98 valence electrons. The van der Waals surface area contributed by atoms with Crippen LogP contribution in [0.15, 0.2) is 0 Å². The summed E-state index contributed by atoms with van der Waals surface area (Å²) in [5, 5.41) is 0.927. The number of nitrogens with zero attached hydrogens (tertiary/aromatic N) is 1. The molecule has 0 spiro atoms. The van der Waals surface area contributed by atoms with E-state index in [1.165, 1.54) is 19.3 Å². The first-order chi connectivity index (χ1) is 8.08. The first-order valence-electron chi connectivity index (χ1n) is 6.95. The van der Waals surface area contributed by atoms with Crippen molar-refractivity contribution in [2.24, 2.45) is 11.3 Å². The van der Waals surface area contributed by atoms with Crippen LogP contribution in [0.3, 0.4) is 0 Å². The maximum absolute atomic E-state index is 12.7. The molecule has 1 aliphatic carbocycles. The fourth-order valence-electron chi connectivity index (χ4n) is 3.39. The summed E-state index contributed by atoms with van der Waals surface area (Å²) < 4.78 is 0. The third-order valence-electron chi connectivity index (χ3n) is 4.77. The lowest BCUT2D eigenvalue weighted by Gasteiger charge is -2.38. The molecule has 2 aliphatic rings. The second-order valence-electron chi connectivity index (χ2n) is 6.11. The van der Waals surface area contributed by atoms with E-state index >= 15 is 0 Å². The number of halogens is 1. The maximum atomic E-state index is 12.7. The summed E-state index contributed by atoms with van der Waals surface area (Å²) in [4.78, 5) is 14.9. The number of likely N-dealkylation sites (tertiary alicyclic amines) is 1. The van der Waals surface area contributed by atoms with Gasteiger partial charge in [0.2, 0.25) is 5.91 Å². The van der Waals surface area contributed by atoms with Crippen LogP contribution in [0.25, 0.3) is 0 Å². The Morgan fingerprint density at radius 2 is 2.00 bits per heavy atom. The van der Waals surface area contributed by atoms with E-state index in [0.29, 0.717) is 17.9 Å². The van der Waals surface area contributed by atoms with E-state index in [1.807, 2.05) is 0 Å². The van der Waals surface area contributed by atoms with Crippen molar-refractivity contribution in [1.82, 2.24) is 4.90 Å². The van der Waals surface area contributed by atoms with Crippen molar-refractivity contribution in [2.45, 2.75) is 58.4 Å². The van der Waals surface area contributed by atoms with E-state index in [1.54, 1.807) is 0 Å². The van der Waals surface area contributed by atoms with Crippen molar-refractivity contribution < 1.29 is 4.79 Å². The molecule has 2 unspecified atom stereocenters. The third-order valence-corrected chi connectivity index (χ3v) is 5.44. The van der Waals surface area contributed by atoms with Crippen LogP contribution >= 0.6 is 15.9 Å². The molecule has 2 nitrogen and oxygen atoms in total. The van der Waals surface area contributed by atoms with Gasteiger partial charge in [0.25, 0.3) is 0 Å². The smallest absolute Gasteiger partial charge is 0.228 e. The number of amides is 1. The molecule has 17 heavy (non-hydrogen) atoms. The van der Waals surface area contributed by atoms with Crippen LogP contribution in [-0.4, -0.2) is 28.7 Å². The molecule has 0 aromatic heterocycles. The van der Waals surface area contributed by atoms with E-state index < -0.39 is 0 Å². The van der Waals surface area contributed by atoms with Crippen LogP contribution in [0.2, 0.25) is 0 Å². The van der Waals surface area contributed by atoms with Gasteiger partial charge >= 0.3 is 0 Å². The van der Waals surface area contributed by atoms with Crippen molar-refractivity contribution in [3.63, 3.8) is 0 Å². The lowest BCUT2D eigenvalue weighted by molar-refractivity contribution is -0.143. The van der Waals surface area contributed by atoms with Crippen LogP contribution in [0, 0.1) is 11.3 Å². The zero-order valence-electron chi connectivity index (χ0n) is 11.0. The quantitative estimate of drug-likeness (QED) is 0.714. The molecule has 0 bridgehead atoms. The van der Waals surface area contributed by atoms with Gasteiger partial charge in [0.05, 0.1) is 0 Å². The molecule has 3 heteroatoms. The molecule has 1 aliphatic heterocycles. The Kier molecular flexibility index (Phi) is 4.17. The normalized spacial score (nSPS) is 32.8. The Hall–Kier alpha value is -0.0500. The van der Waals surface area contributed by atoms with Crippen molar-refractivity contribution in [1.29, 1.82) is 0 Å². The summed E-state index contributed by atoms with van der Waals surface area (Å²) in [6.07, 6.45) is 7.10. The topological polar surface area (TPSA) is 20.3 Å². The number of carbonyl (C=O) groups excluding carboxylic acids is 1. The van der Waals surface area contributed by atoms with E-state index in [-0.39, 0.29) is 5.41 Å². The van der Waals surface area contributed by atoms with Crippen LogP contribution in [0.1, 0.15) is 52.4 Å². The van der Waals surface area contributed by atoms with Crippen LogP contribution in [-0.2, 0) is 4.79 Å². The Morgan fingerprint density at radius 3 is 2.59 bits per heavy atom. The maximum Gasteiger partial charge on any atom is 0.228 e. The Labute approximate surface area is 113 Å². The standard InChI is InChI=1S/C14H24BrNO/c1-11-6-9-16(12(11)10-15)13(17)14(2)7-4-3-5-8-14/h11-12H,3-10H2,1-2H3. The fourth-order valence-corrected chi connectivity index (χ4v) is 4.38. The Morgan fingerprint density at radius 1 is 1.35 bits per heavy atom. The molecule has 1 heterocycles. The van der Waals surface area contributed by atoms with Crippen molar-refractivity contribution in [2.75, 3.05) is 11.9 Å². The van der Waals surface area contributed by atoms with Gasteiger partial charge in [0, 0.05) is 23.3 Å². The molecule has 2 rings (SSSR count). The highest BCUT2D eigenvalue weighted by Crippen LogP contribution is 2.40. The van der Waals surface area contributed by atoms with E-state index in [9.17, 15) is 4.79 Å². The lowest BCUT2D eigenvalue weighted by Crippen LogP contribution is -2.47. The molecule has 1 saturated heterocycles. The summed E-state index contributed by atoms with van der Waals surface area (Å²) in [6.45, 7) is 5.41. The summed E-state index contributed by atoms with van der Waals surface area (Å²) in [5.74, 6) is 1.07. The van der Waals surface area contributed by atoms with E-state index in [4.69, 9.17) is 0 Å². The van der Waals surface area contributed by atoms with Crippen LogP contribution < -0.4 is 0 Å². The number of rotatable bonds is 2. The molecule has 0 aromatic carbocycles. The van der Waals surface area contributed by atoms with Gasteiger partial charge in [0.1, 0.15) is 0 Å². The zero-order chi connectivity index (χ0) is 12.5. The summed E-state index contributed by atoms with van der Waals surface area (Å²) in [5.41, 5.74) is -0.0667. The van der Waals surface area contributed by atoms with Gasteiger partial charge in [0.15, 0.2) is 0 Å². The van der Waals surface area contributed by atoms with Crippen LogP contribution in [0.4, 0.5) is 0 Å². The largest absolute Gasteiger partial charge is 0.338 e. The van der Waals surface area contributed by atoms with E-state index in [2.05, 4.69) is 34.7 Å². The van der Waals surface area contributed by atoms with Gasteiger partial charge in [-0.25, -0.2) is 0 Å². The van der Waals surface area contributed by atoms with Gasteiger partial charge in [-0.2, -0.15) is 0 Å². The lowest BCUT2D eigenvalue weighted by atomic mass is 9.74. The second-order valence-corrected chi connectivity index (χ2v) is 6.75. The molecule has 1 amide bonds. The monoisotopic (exact) mass is 301 g/mol. The van der Waals surface area contributed by atoms with Gasteiger partial charge in [-0.1, -0.05) is 49.0 Å². The highest BCUT2D eigenvalue weighted by molar-refractivity contribution is 9.09. The van der Waals surface area contributed by atoms with Gasteiger partial charge in [-0.15, -0.1) is 0 Å². The molecule has 2 atom stereocenters. The minimum Gasteiger partial charge on any atom is -0.338 e. The van der Waals surface area contributed by atoms with Gasteiger partial charge in [-0.3, -0.25) is 4.79 Å². The average molecular weight is 302 g/mol. The summed E-state index contributed by atoms with van der Waals surface area (Å²) >= 11 is 3.57. The zero-order valence-corrected chi connectivity index (χ0v) is 12.6. The van der Waals surface area contributed by atoms with Gasteiger partial charge in [-0.05, 0) is 25.2 Å². The highest BCUT2D eigenvalue weighted by Gasteiger charge is 2.42. The average Bonchev–Trinajstić information content (AvgIpc) is 2.70. The number of carbonyl (C=O) groups is 1. The molecular weight excluding hydrogens is 278 g/mol. The number of hydrogen-bond acceptors (Lipinski definition) is 1. The molecule has 0 aromatic rings. The van der Waals surface area contributed by atoms with Crippen molar-refractivity contribution in [3.8, 4) is 0 Å². The predicted molar refractivity (Wildman–Crippen MR) is 74.3 cm³/mol. The summed E-state index contributed by atoms with van der Waals surface area (Å²) in [6, 6.07) is 0.418. The van der Waals surface area contributed by atoms with Crippen LogP contribution in [0.5, 0.6) is 0 Å². The predicted octanol–water partition coefficient (Wildman–Crippen LogP) is 3.59. The Balaban J connectivity index is 2.08. The minimum atomic E-state index is -0.0667. The number of alkyl halides is 1. The molecule has 1 saturated carbocycles. The number of hydrogen-bond donors (Lipinski definition) is 0. The van der Waals surface area contributed by atoms with Gasteiger partial charge < -0.3 is 4.90 Å². The summed E-state index contributed by atoms with van der Waals surface area (Å²) in [7, 11) is 0.